The molecule has 4 rings (SSSR count). The van der Waals surface area contributed by atoms with Crippen molar-refractivity contribution in [3.63, 3.8) is 0 Å². The van der Waals surface area contributed by atoms with Crippen molar-refractivity contribution in [2.45, 2.75) is 59.2 Å². The molecule has 0 aromatic carbocycles. The van der Waals surface area contributed by atoms with Crippen LogP contribution in [0.15, 0.2) is 17.1 Å². The summed E-state index contributed by atoms with van der Waals surface area (Å²) in [6, 6.07) is 1.36. The van der Waals surface area contributed by atoms with E-state index in [1.54, 1.807) is 27.3 Å². The molecule has 1 aliphatic heterocycles. The van der Waals surface area contributed by atoms with Crippen LogP contribution in [-0.4, -0.2) is 60.5 Å². The maximum atomic E-state index is 12.9. The number of ether oxygens (including phenoxy) is 4. The summed E-state index contributed by atoms with van der Waals surface area (Å²) >= 11 is 6.79. The first-order valence-electron chi connectivity index (χ1n) is 11.9. The molecule has 0 amide bonds. The van der Waals surface area contributed by atoms with E-state index in [9.17, 15) is 9.59 Å². The van der Waals surface area contributed by atoms with Crippen LogP contribution in [0.2, 0.25) is 5.02 Å². The van der Waals surface area contributed by atoms with Gasteiger partial charge in [0.1, 0.15) is 22.4 Å². The zero-order valence-electron chi connectivity index (χ0n) is 21.2. The molecular formula is C25H34ClN3O6. The molecule has 0 radical (unpaired) electrons. The smallest absolute Gasteiger partial charge is 0.343 e. The van der Waals surface area contributed by atoms with Crippen LogP contribution in [-0.2, 0) is 20.8 Å². The van der Waals surface area contributed by atoms with Crippen molar-refractivity contribution in [1.82, 2.24) is 14.3 Å². The van der Waals surface area contributed by atoms with E-state index in [-0.39, 0.29) is 35.1 Å². The van der Waals surface area contributed by atoms with Gasteiger partial charge in [-0.3, -0.25) is 9.48 Å². The van der Waals surface area contributed by atoms with Gasteiger partial charge >= 0.3 is 5.97 Å². The van der Waals surface area contributed by atoms with Crippen molar-refractivity contribution >= 4 is 17.6 Å². The number of carbonyl (C=O) groups excluding carboxylic acids is 1. The van der Waals surface area contributed by atoms with Gasteiger partial charge in [-0.05, 0) is 25.2 Å². The molecule has 1 atom stereocenters. The minimum absolute atomic E-state index is 0.00695. The van der Waals surface area contributed by atoms with E-state index in [1.807, 2.05) is 9.25 Å². The van der Waals surface area contributed by atoms with Crippen molar-refractivity contribution in [1.29, 1.82) is 0 Å². The first kappa shape index (κ1) is 25.7. The fraction of sp³-hybridized carbons (Fsp3) is 0.640. The van der Waals surface area contributed by atoms with E-state index in [4.69, 9.17) is 30.5 Å². The van der Waals surface area contributed by atoms with Crippen LogP contribution in [0.3, 0.4) is 0 Å². The van der Waals surface area contributed by atoms with E-state index >= 15 is 0 Å². The molecule has 3 heterocycles. The van der Waals surface area contributed by atoms with Gasteiger partial charge in [0.15, 0.2) is 5.43 Å². The molecule has 35 heavy (non-hydrogen) atoms. The minimum atomic E-state index is -0.629. The summed E-state index contributed by atoms with van der Waals surface area (Å²) in [7, 11) is 3.37. The number of esters is 1. The Hall–Kier alpha value is -2.36. The Morgan fingerprint density at radius 1 is 1.23 bits per heavy atom. The lowest BCUT2D eigenvalue weighted by atomic mass is 9.68. The first-order chi connectivity index (χ1) is 16.5. The van der Waals surface area contributed by atoms with E-state index in [2.05, 4.69) is 25.9 Å². The van der Waals surface area contributed by atoms with Crippen LogP contribution in [0.25, 0.3) is 11.4 Å². The molecule has 192 valence electrons. The van der Waals surface area contributed by atoms with E-state index in [1.165, 1.54) is 6.07 Å². The van der Waals surface area contributed by atoms with Gasteiger partial charge in [-0.2, -0.15) is 0 Å². The first-order valence-corrected chi connectivity index (χ1v) is 12.3. The minimum Gasteiger partial charge on any atom is -0.472 e. The number of methoxy groups -OCH3 is 2. The Kier molecular flexibility index (Phi) is 7.05. The number of halogens is 1. The van der Waals surface area contributed by atoms with E-state index < -0.39 is 11.4 Å². The Balaban J connectivity index is 1.70. The van der Waals surface area contributed by atoms with Crippen molar-refractivity contribution < 1.29 is 23.7 Å². The zero-order valence-corrected chi connectivity index (χ0v) is 22.0. The highest BCUT2D eigenvalue weighted by Crippen LogP contribution is 2.47. The molecule has 9 nitrogen and oxygen atoms in total. The molecule has 2 aliphatic rings. The molecule has 1 fully saturated rings. The van der Waals surface area contributed by atoms with Crippen molar-refractivity contribution in [2.75, 3.05) is 34.0 Å². The quantitative estimate of drug-likeness (QED) is 0.499. The van der Waals surface area contributed by atoms with E-state index in [0.29, 0.717) is 42.0 Å². The number of aromatic nitrogens is 3. The van der Waals surface area contributed by atoms with E-state index in [0.717, 1.165) is 12.8 Å². The Bertz CT molecular complexity index is 1150. The van der Waals surface area contributed by atoms with Crippen LogP contribution in [0.4, 0.5) is 0 Å². The number of rotatable bonds is 8. The standard InChI is InChI=1S/C25H34ClN3O6/c1-7-34-23(31)16-11-28-17(8-18(16)30)21-20(26)22(27-29(21)12-19(28)24(2,3)4)35-15-9-25(10-15,13-32-5)14-33-6/h8,11,15,19H,7,9-10,12-14H2,1-6H3/t19-/m0/s1. The fourth-order valence-electron chi connectivity index (χ4n) is 5.21. The predicted octanol–water partition coefficient (Wildman–Crippen LogP) is 3.96. The average molecular weight is 508 g/mol. The molecule has 1 saturated carbocycles. The summed E-state index contributed by atoms with van der Waals surface area (Å²) < 4.78 is 25.8. The number of hydrogen-bond acceptors (Lipinski definition) is 7. The van der Waals surface area contributed by atoms with Gasteiger partial charge in [0.2, 0.25) is 0 Å². The monoisotopic (exact) mass is 507 g/mol. The van der Waals surface area contributed by atoms with Crippen LogP contribution in [0.5, 0.6) is 5.88 Å². The lowest BCUT2D eigenvalue weighted by Crippen LogP contribution is -2.49. The summed E-state index contributed by atoms with van der Waals surface area (Å²) in [6.07, 6.45) is 3.09. The number of hydrogen-bond donors (Lipinski definition) is 0. The normalized spacial score (nSPS) is 19.0. The van der Waals surface area contributed by atoms with Gasteiger partial charge in [0.25, 0.3) is 5.88 Å². The maximum absolute atomic E-state index is 12.9. The molecule has 0 N–H and O–H groups in total. The molecule has 0 unspecified atom stereocenters. The molecule has 2 aromatic heterocycles. The Morgan fingerprint density at radius 3 is 2.46 bits per heavy atom. The molecular weight excluding hydrogens is 474 g/mol. The lowest BCUT2D eigenvalue weighted by Gasteiger charge is -2.46. The Morgan fingerprint density at radius 2 is 1.89 bits per heavy atom. The highest BCUT2D eigenvalue weighted by Gasteiger charge is 2.47. The number of carbonyl (C=O) groups is 1. The summed E-state index contributed by atoms with van der Waals surface area (Å²) in [5.41, 5.74) is 0.532. The van der Waals surface area contributed by atoms with Crippen molar-refractivity contribution in [3.05, 3.63) is 33.1 Å². The van der Waals surface area contributed by atoms with Crippen LogP contribution in [0.1, 0.15) is 56.9 Å². The van der Waals surface area contributed by atoms with Gasteiger partial charge in [0, 0.05) is 31.9 Å². The van der Waals surface area contributed by atoms with Crippen molar-refractivity contribution in [2.24, 2.45) is 10.8 Å². The SMILES string of the molecule is CCOC(=O)c1cn2c(cc1=O)-c1c(Cl)c(OC3CC(COC)(COC)C3)nn1C[C@H]2C(C)(C)C. The topological polar surface area (TPSA) is 93.8 Å². The summed E-state index contributed by atoms with van der Waals surface area (Å²) in [6.45, 7) is 9.94. The Labute approximate surface area is 210 Å². The summed E-state index contributed by atoms with van der Waals surface area (Å²) in [5, 5.41) is 5.04. The molecule has 1 aliphatic carbocycles. The third kappa shape index (κ3) is 4.73. The molecule has 0 spiro atoms. The van der Waals surface area contributed by atoms with Gasteiger partial charge < -0.3 is 23.5 Å². The van der Waals surface area contributed by atoms with Crippen LogP contribution in [0, 0.1) is 10.8 Å². The fourth-order valence-corrected chi connectivity index (χ4v) is 5.49. The second kappa shape index (κ2) is 9.59. The third-order valence-electron chi connectivity index (χ3n) is 6.86. The highest BCUT2D eigenvalue weighted by atomic mass is 35.5. The third-order valence-corrected chi connectivity index (χ3v) is 7.21. The largest absolute Gasteiger partial charge is 0.472 e. The van der Waals surface area contributed by atoms with Gasteiger partial charge in [-0.15, -0.1) is 5.10 Å². The molecule has 0 saturated heterocycles. The van der Waals surface area contributed by atoms with Crippen LogP contribution >= 0.6 is 11.6 Å². The maximum Gasteiger partial charge on any atom is 0.343 e. The number of nitrogens with zero attached hydrogens (tertiary/aromatic N) is 3. The lowest BCUT2D eigenvalue weighted by molar-refractivity contribution is -0.0998. The van der Waals surface area contributed by atoms with Crippen LogP contribution < -0.4 is 10.2 Å². The zero-order chi connectivity index (χ0) is 25.5. The summed E-state index contributed by atoms with van der Waals surface area (Å²) in [5.74, 6) is -0.284. The second-order valence-electron chi connectivity index (χ2n) is 10.6. The predicted molar refractivity (Wildman–Crippen MR) is 131 cm³/mol. The van der Waals surface area contributed by atoms with Gasteiger partial charge in [-0.1, -0.05) is 32.4 Å². The molecule has 0 bridgehead atoms. The summed E-state index contributed by atoms with van der Waals surface area (Å²) in [4.78, 5) is 25.3. The molecule has 10 heteroatoms. The second-order valence-corrected chi connectivity index (χ2v) is 11.0. The highest BCUT2D eigenvalue weighted by molar-refractivity contribution is 6.34. The van der Waals surface area contributed by atoms with Gasteiger partial charge in [0.05, 0.1) is 38.1 Å². The van der Waals surface area contributed by atoms with Crippen molar-refractivity contribution in [3.8, 4) is 17.3 Å². The number of pyridine rings is 1. The average Bonchev–Trinajstić information content (AvgIpc) is 3.07. The number of fused-ring (bicyclic) bond motifs is 3. The molecule has 2 aromatic rings. The van der Waals surface area contributed by atoms with Gasteiger partial charge in [-0.25, -0.2) is 4.79 Å².